The van der Waals surface area contributed by atoms with E-state index < -0.39 is 0 Å². The number of nitrogens with one attached hydrogen (secondary N) is 2. The molecule has 1 aromatic carbocycles. The van der Waals surface area contributed by atoms with Crippen molar-refractivity contribution in [2.45, 2.75) is 50.8 Å². The van der Waals surface area contributed by atoms with Gasteiger partial charge in [0.1, 0.15) is 5.75 Å². The number of aryl methyl sites for hydroxylation is 1. The molecule has 1 aromatic rings. The Balaban J connectivity index is 0.00000312. The van der Waals surface area contributed by atoms with Crippen LogP contribution in [0.3, 0.4) is 0 Å². The van der Waals surface area contributed by atoms with E-state index in [1.54, 1.807) is 7.11 Å². The second-order valence-corrected chi connectivity index (χ2v) is 7.86. The molecule has 6 heteroatoms. The number of nitrogens with zero attached hydrogens (tertiary/aromatic N) is 1. The van der Waals surface area contributed by atoms with Crippen molar-refractivity contribution in [3.63, 3.8) is 0 Å². The molecule has 2 unspecified atom stereocenters. The fourth-order valence-electron chi connectivity index (χ4n) is 3.19. The summed E-state index contributed by atoms with van der Waals surface area (Å²) < 4.78 is 5.39. The summed E-state index contributed by atoms with van der Waals surface area (Å²) in [5.41, 5.74) is 2.45. The first-order chi connectivity index (χ1) is 11.7. The number of thioether (sulfide) groups is 1. The van der Waals surface area contributed by atoms with E-state index in [4.69, 9.17) is 4.74 Å². The Morgan fingerprint density at radius 2 is 2.16 bits per heavy atom. The molecule has 2 N–H and O–H groups in total. The zero-order valence-corrected chi connectivity index (χ0v) is 18.9. The third kappa shape index (κ3) is 7.25. The Labute approximate surface area is 174 Å². The number of hydrogen-bond donors (Lipinski definition) is 2. The molecule has 0 aliphatic heterocycles. The van der Waals surface area contributed by atoms with Crippen LogP contribution in [0.2, 0.25) is 0 Å². The highest BCUT2D eigenvalue weighted by Gasteiger charge is 2.24. The minimum Gasteiger partial charge on any atom is -0.496 e. The van der Waals surface area contributed by atoms with Crippen LogP contribution in [0.15, 0.2) is 23.2 Å². The molecule has 0 radical (unpaired) electrons. The van der Waals surface area contributed by atoms with Gasteiger partial charge in [-0.15, -0.1) is 24.0 Å². The Kier molecular flexibility index (Phi) is 10.7. The van der Waals surface area contributed by atoms with Crippen molar-refractivity contribution in [3.05, 3.63) is 29.3 Å². The SMILES string of the molecule is CCSC1CCC(NC(=NC)NCCc2ccc(C)c(OC)c2)C1.I. The number of methoxy groups -OCH3 is 1. The van der Waals surface area contributed by atoms with Gasteiger partial charge in [-0.25, -0.2) is 0 Å². The molecule has 4 nitrogen and oxygen atoms in total. The molecule has 142 valence electrons. The van der Waals surface area contributed by atoms with Crippen LogP contribution in [0.25, 0.3) is 0 Å². The van der Waals surface area contributed by atoms with Crippen molar-refractivity contribution in [2.24, 2.45) is 4.99 Å². The Hall–Kier alpha value is -0.630. The summed E-state index contributed by atoms with van der Waals surface area (Å²) in [5, 5.41) is 7.82. The molecule has 0 heterocycles. The van der Waals surface area contributed by atoms with Crippen LogP contribution in [0.5, 0.6) is 5.75 Å². The van der Waals surface area contributed by atoms with Crippen LogP contribution in [0.4, 0.5) is 0 Å². The predicted molar refractivity (Wildman–Crippen MR) is 121 cm³/mol. The standard InChI is InChI=1S/C19H31N3OS.HI/c1-5-24-17-9-8-16(13-17)22-19(20-3)21-11-10-15-7-6-14(2)18(12-15)23-4;/h6-7,12,16-17H,5,8-11,13H2,1-4H3,(H2,20,21,22);1H. The minimum absolute atomic E-state index is 0. The quantitative estimate of drug-likeness (QED) is 0.354. The van der Waals surface area contributed by atoms with Crippen LogP contribution in [-0.2, 0) is 6.42 Å². The largest absolute Gasteiger partial charge is 0.496 e. The first-order valence-electron chi connectivity index (χ1n) is 8.88. The molecular weight excluding hydrogens is 445 g/mol. The van der Waals surface area contributed by atoms with Crippen molar-refractivity contribution < 1.29 is 4.74 Å². The lowest BCUT2D eigenvalue weighted by Gasteiger charge is -2.17. The fourth-order valence-corrected chi connectivity index (χ4v) is 4.33. The number of hydrogen-bond acceptors (Lipinski definition) is 3. The summed E-state index contributed by atoms with van der Waals surface area (Å²) in [5.74, 6) is 3.09. The van der Waals surface area contributed by atoms with Crippen molar-refractivity contribution >= 4 is 41.7 Å². The molecule has 1 saturated carbocycles. The molecule has 1 fully saturated rings. The van der Waals surface area contributed by atoms with Crippen molar-refractivity contribution in [3.8, 4) is 5.75 Å². The van der Waals surface area contributed by atoms with E-state index in [9.17, 15) is 0 Å². The Morgan fingerprint density at radius 1 is 1.36 bits per heavy atom. The molecule has 1 aliphatic rings. The van der Waals surface area contributed by atoms with E-state index in [1.165, 1.54) is 36.1 Å². The van der Waals surface area contributed by atoms with E-state index >= 15 is 0 Å². The lowest BCUT2D eigenvalue weighted by atomic mass is 10.1. The topological polar surface area (TPSA) is 45.7 Å². The van der Waals surface area contributed by atoms with E-state index in [2.05, 4.69) is 59.4 Å². The Bertz CT molecular complexity index is 553. The number of rotatable bonds is 7. The van der Waals surface area contributed by atoms with E-state index in [0.717, 1.165) is 29.9 Å². The van der Waals surface area contributed by atoms with Gasteiger partial charge < -0.3 is 15.4 Å². The first kappa shape index (κ1) is 22.4. The molecule has 2 atom stereocenters. The summed E-state index contributed by atoms with van der Waals surface area (Å²) >= 11 is 2.08. The van der Waals surface area contributed by atoms with Crippen LogP contribution in [0.1, 0.15) is 37.3 Å². The summed E-state index contributed by atoms with van der Waals surface area (Å²) in [6, 6.07) is 6.96. The van der Waals surface area contributed by atoms with E-state index in [-0.39, 0.29) is 24.0 Å². The summed E-state index contributed by atoms with van der Waals surface area (Å²) in [4.78, 5) is 4.36. The monoisotopic (exact) mass is 477 g/mol. The van der Waals surface area contributed by atoms with E-state index in [0.29, 0.717) is 6.04 Å². The first-order valence-corrected chi connectivity index (χ1v) is 9.93. The summed E-state index contributed by atoms with van der Waals surface area (Å²) in [7, 11) is 3.57. The van der Waals surface area contributed by atoms with Gasteiger partial charge in [-0.3, -0.25) is 4.99 Å². The van der Waals surface area contributed by atoms with Gasteiger partial charge >= 0.3 is 0 Å². The van der Waals surface area contributed by atoms with Gasteiger partial charge in [0.2, 0.25) is 0 Å². The number of ether oxygens (including phenoxy) is 1. The smallest absolute Gasteiger partial charge is 0.191 e. The van der Waals surface area contributed by atoms with Gasteiger partial charge in [-0.05, 0) is 55.6 Å². The maximum absolute atomic E-state index is 5.39. The molecular formula is C19H32IN3OS. The molecule has 2 rings (SSSR count). The third-order valence-corrected chi connectivity index (χ3v) is 5.76. The maximum atomic E-state index is 5.39. The van der Waals surface area contributed by atoms with Crippen LogP contribution < -0.4 is 15.4 Å². The number of guanidine groups is 1. The average Bonchev–Trinajstić information content (AvgIpc) is 3.03. The summed E-state index contributed by atoms with van der Waals surface area (Å²) in [6.07, 6.45) is 4.76. The number of aliphatic imine (C=N–C) groups is 1. The predicted octanol–water partition coefficient (Wildman–Crippen LogP) is 4.00. The fraction of sp³-hybridized carbons (Fsp3) is 0.632. The van der Waals surface area contributed by atoms with Crippen LogP contribution >= 0.6 is 35.7 Å². The highest BCUT2D eigenvalue weighted by atomic mass is 127. The van der Waals surface area contributed by atoms with E-state index in [1.807, 2.05) is 7.05 Å². The molecule has 25 heavy (non-hydrogen) atoms. The van der Waals surface area contributed by atoms with Gasteiger partial charge in [-0.2, -0.15) is 11.8 Å². The van der Waals surface area contributed by atoms with Crippen LogP contribution in [0, 0.1) is 6.92 Å². The molecule has 0 saturated heterocycles. The summed E-state index contributed by atoms with van der Waals surface area (Å²) in [6.45, 7) is 5.18. The lowest BCUT2D eigenvalue weighted by Crippen LogP contribution is -2.43. The van der Waals surface area contributed by atoms with Gasteiger partial charge in [0.05, 0.1) is 7.11 Å². The van der Waals surface area contributed by atoms with Gasteiger partial charge in [0.15, 0.2) is 5.96 Å². The van der Waals surface area contributed by atoms with Crippen molar-refractivity contribution in [1.29, 1.82) is 0 Å². The van der Waals surface area contributed by atoms with Gasteiger partial charge in [-0.1, -0.05) is 19.1 Å². The second kappa shape index (κ2) is 11.9. The van der Waals surface area contributed by atoms with Crippen molar-refractivity contribution in [1.82, 2.24) is 10.6 Å². The van der Waals surface area contributed by atoms with Gasteiger partial charge in [0.25, 0.3) is 0 Å². The van der Waals surface area contributed by atoms with Crippen LogP contribution in [-0.4, -0.2) is 43.7 Å². The highest BCUT2D eigenvalue weighted by molar-refractivity contribution is 14.0. The zero-order chi connectivity index (χ0) is 17.4. The molecule has 1 aliphatic carbocycles. The molecule has 0 amide bonds. The lowest BCUT2D eigenvalue weighted by molar-refractivity contribution is 0.411. The maximum Gasteiger partial charge on any atom is 0.191 e. The number of benzene rings is 1. The third-order valence-electron chi connectivity index (χ3n) is 4.53. The zero-order valence-electron chi connectivity index (χ0n) is 15.8. The molecule has 0 spiro atoms. The minimum atomic E-state index is 0. The van der Waals surface area contributed by atoms with Gasteiger partial charge in [0, 0.05) is 24.9 Å². The normalized spacial score (nSPS) is 20.1. The highest BCUT2D eigenvalue weighted by Crippen LogP contribution is 2.29. The second-order valence-electron chi connectivity index (χ2n) is 6.28. The molecule has 0 aromatic heterocycles. The average molecular weight is 477 g/mol. The van der Waals surface area contributed by atoms with Crippen molar-refractivity contribution in [2.75, 3.05) is 26.5 Å². The number of halogens is 1. The molecule has 0 bridgehead atoms. The Morgan fingerprint density at radius 3 is 2.84 bits per heavy atom.